The van der Waals surface area contributed by atoms with Gasteiger partial charge in [-0.25, -0.2) is 0 Å². The molecule has 0 radical (unpaired) electrons. The Morgan fingerprint density at radius 3 is 2.52 bits per heavy atom. The molecule has 3 rings (SSSR count). The van der Waals surface area contributed by atoms with E-state index in [-0.39, 0.29) is 18.0 Å². The molecule has 0 spiro atoms. The fraction of sp³-hybridized carbons (Fsp3) is 0.400. The van der Waals surface area contributed by atoms with Gasteiger partial charge in [-0.2, -0.15) is 0 Å². The molecular weight excluding hydrogens is 320 g/mol. The predicted molar refractivity (Wildman–Crippen MR) is 87.2 cm³/mol. The van der Waals surface area contributed by atoms with E-state index in [0.717, 1.165) is 32.2 Å². The maximum Gasteiger partial charge on any atom is 0.316 e. The number of hydrogen-bond acceptors (Lipinski definition) is 6. The number of aromatic nitrogens is 2. The zero-order valence-electron chi connectivity index (χ0n) is 13.0. The molecule has 1 saturated heterocycles. The Labute approximate surface area is 139 Å². The van der Waals surface area contributed by atoms with Gasteiger partial charge < -0.3 is 19.7 Å². The molecule has 1 atom stereocenters. The maximum absolute atomic E-state index is 12.0. The van der Waals surface area contributed by atoms with Gasteiger partial charge in [0.25, 0.3) is 0 Å². The zero-order valence-corrected chi connectivity index (χ0v) is 13.7. The molecule has 1 aromatic heterocycles. The number of carbonyl (C=O) groups is 1. The second kappa shape index (κ2) is 7.94. The number of hydrogen-bond donors (Lipinski definition) is 2. The average molecular weight is 339 g/mol. The van der Waals surface area contributed by atoms with Crippen molar-refractivity contribution in [1.82, 2.24) is 15.1 Å². The molecule has 1 aliphatic rings. The minimum absolute atomic E-state index is 0.0486. The molecule has 1 amide bonds. The molecule has 2 N–H and O–H groups in total. The molecule has 1 aliphatic heterocycles. The van der Waals surface area contributed by atoms with Crippen LogP contribution < -0.4 is 5.32 Å². The normalized spacial score (nSPS) is 14.3. The van der Waals surface area contributed by atoms with Crippen molar-refractivity contribution in [2.24, 2.45) is 0 Å². The summed E-state index contributed by atoms with van der Waals surface area (Å²) in [5.41, 5.74) is 0.779. The van der Waals surface area contributed by atoms with E-state index in [9.17, 15) is 4.79 Å². The Bertz CT molecular complexity index is 640. The first-order valence-electron chi connectivity index (χ1n) is 7.23. The monoisotopic (exact) mass is 338 g/mol. The van der Waals surface area contributed by atoms with Gasteiger partial charge in [0.2, 0.25) is 11.8 Å². The van der Waals surface area contributed by atoms with Gasteiger partial charge in [0, 0.05) is 30.8 Å². The van der Waals surface area contributed by atoms with Crippen LogP contribution in [0.4, 0.5) is 6.01 Å². The van der Waals surface area contributed by atoms with Crippen molar-refractivity contribution in [1.29, 1.82) is 0 Å². The number of aliphatic hydroxyl groups is 1. The Morgan fingerprint density at radius 2 is 1.96 bits per heavy atom. The molecule has 0 aliphatic carbocycles. The highest BCUT2D eigenvalue weighted by atomic mass is 35.5. The highest BCUT2D eigenvalue weighted by molar-refractivity contribution is 6.30. The van der Waals surface area contributed by atoms with Crippen LogP contribution in [0.1, 0.15) is 13.3 Å². The van der Waals surface area contributed by atoms with E-state index in [4.69, 9.17) is 21.1 Å². The second-order valence-electron chi connectivity index (χ2n) is 4.96. The van der Waals surface area contributed by atoms with Crippen LogP contribution in [0.5, 0.6) is 0 Å². The SMILES string of the molecule is CO.C[C@@H](Nc1nnc(-c2ccc(Cl)cc2)o1)C(=O)N1CCC1. The Morgan fingerprint density at radius 1 is 1.30 bits per heavy atom. The number of anilines is 1. The molecule has 0 unspecified atom stereocenters. The fourth-order valence-electron chi connectivity index (χ4n) is 2.05. The number of nitrogens with zero attached hydrogens (tertiary/aromatic N) is 3. The van der Waals surface area contributed by atoms with Gasteiger partial charge in [-0.1, -0.05) is 16.7 Å². The number of carbonyl (C=O) groups excluding carboxylic acids is 1. The zero-order chi connectivity index (χ0) is 16.8. The van der Waals surface area contributed by atoms with Crippen LogP contribution in [0.2, 0.25) is 5.02 Å². The largest absolute Gasteiger partial charge is 0.403 e. The Balaban J connectivity index is 0.000000924. The predicted octanol–water partition coefficient (Wildman–Crippen LogP) is 2.03. The summed E-state index contributed by atoms with van der Waals surface area (Å²) in [6.07, 6.45) is 1.07. The van der Waals surface area contributed by atoms with Crippen LogP contribution >= 0.6 is 11.6 Å². The minimum Gasteiger partial charge on any atom is -0.403 e. The van der Waals surface area contributed by atoms with Crippen LogP contribution in [0.3, 0.4) is 0 Å². The summed E-state index contributed by atoms with van der Waals surface area (Å²) in [7, 11) is 1.00. The van der Waals surface area contributed by atoms with Crippen molar-refractivity contribution < 1.29 is 14.3 Å². The summed E-state index contributed by atoms with van der Waals surface area (Å²) < 4.78 is 5.51. The number of rotatable bonds is 4. The van der Waals surface area contributed by atoms with Crippen molar-refractivity contribution >= 4 is 23.5 Å². The van der Waals surface area contributed by atoms with Gasteiger partial charge >= 0.3 is 6.01 Å². The highest BCUT2D eigenvalue weighted by Gasteiger charge is 2.26. The summed E-state index contributed by atoms with van der Waals surface area (Å²) in [6, 6.07) is 6.96. The highest BCUT2D eigenvalue weighted by Crippen LogP contribution is 2.22. The molecule has 1 aromatic carbocycles. The van der Waals surface area contributed by atoms with E-state index in [1.54, 1.807) is 36.1 Å². The lowest BCUT2D eigenvalue weighted by molar-refractivity contribution is -0.135. The van der Waals surface area contributed by atoms with Gasteiger partial charge in [-0.3, -0.25) is 4.79 Å². The third-order valence-electron chi connectivity index (χ3n) is 3.39. The van der Waals surface area contributed by atoms with Gasteiger partial charge in [0.05, 0.1) is 0 Å². The number of amides is 1. The minimum atomic E-state index is -0.385. The molecule has 23 heavy (non-hydrogen) atoms. The molecule has 124 valence electrons. The summed E-state index contributed by atoms with van der Waals surface area (Å²) >= 11 is 5.84. The molecular formula is C15H19ClN4O3. The van der Waals surface area contributed by atoms with Crippen LogP contribution in [0.15, 0.2) is 28.7 Å². The van der Waals surface area contributed by atoms with E-state index in [2.05, 4.69) is 15.5 Å². The third-order valence-corrected chi connectivity index (χ3v) is 3.65. The first kappa shape index (κ1) is 17.2. The lowest BCUT2D eigenvalue weighted by Crippen LogP contribution is -2.48. The van der Waals surface area contributed by atoms with E-state index in [0.29, 0.717) is 10.9 Å². The van der Waals surface area contributed by atoms with Crippen LogP contribution in [-0.4, -0.2) is 52.4 Å². The molecule has 0 saturated carbocycles. The molecule has 8 heteroatoms. The molecule has 7 nitrogen and oxygen atoms in total. The number of benzene rings is 1. The van der Waals surface area contributed by atoms with E-state index >= 15 is 0 Å². The van der Waals surface area contributed by atoms with Crippen LogP contribution in [0, 0.1) is 0 Å². The van der Waals surface area contributed by atoms with Crippen molar-refractivity contribution in [3.63, 3.8) is 0 Å². The standard InChI is InChI=1S/C14H15ClN4O2.CH4O/c1-9(13(20)19-7-2-8-19)16-14-18-17-12(21-14)10-3-5-11(15)6-4-10;1-2/h3-6,9H,2,7-8H2,1H3,(H,16,18);2H,1H3/t9-;/m1./s1. The molecule has 2 heterocycles. The quantitative estimate of drug-likeness (QED) is 0.886. The molecule has 2 aromatic rings. The van der Waals surface area contributed by atoms with Crippen molar-refractivity contribution in [2.45, 2.75) is 19.4 Å². The van der Waals surface area contributed by atoms with E-state index in [1.807, 2.05) is 0 Å². The summed E-state index contributed by atoms with van der Waals surface area (Å²) in [4.78, 5) is 13.8. The first-order valence-corrected chi connectivity index (χ1v) is 7.61. The van der Waals surface area contributed by atoms with Crippen molar-refractivity contribution in [3.05, 3.63) is 29.3 Å². The van der Waals surface area contributed by atoms with Crippen LogP contribution in [0.25, 0.3) is 11.5 Å². The van der Waals surface area contributed by atoms with Crippen molar-refractivity contribution in [2.75, 3.05) is 25.5 Å². The van der Waals surface area contributed by atoms with E-state index in [1.165, 1.54) is 0 Å². The van der Waals surface area contributed by atoms with Gasteiger partial charge in [0.1, 0.15) is 6.04 Å². The first-order chi connectivity index (χ1) is 11.1. The van der Waals surface area contributed by atoms with Gasteiger partial charge in [-0.05, 0) is 37.6 Å². The summed E-state index contributed by atoms with van der Waals surface area (Å²) in [6.45, 7) is 3.43. The van der Waals surface area contributed by atoms with E-state index < -0.39 is 0 Å². The van der Waals surface area contributed by atoms with Gasteiger partial charge in [0.15, 0.2) is 0 Å². The lowest BCUT2D eigenvalue weighted by atomic mass is 10.2. The Hall–Kier alpha value is -2.12. The maximum atomic E-state index is 12.0. The topological polar surface area (TPSA) is 91.5 Å². The average Bonchev–Trinajstić information content (AvgIpc) is 2.96. The smallest absolute Gasteiger partial charge is 0.316 e. The third kappa shape index (κ3) is 4.20. The number of halogens is 1. The fourth-order valence-corrected chi connectivity index (χ4v) is 2.17. The number of aliphatic hydroxyl groups excluding tert-OH is 1. The Kier molecular flexibility index (Phi) is 5.95. The van der Waals surface area contributed by atoms with Gasteiger partial charge in [-0.15, -0.1) is 5.10 Å². The summed E-state index contributed by atoms with van der Waals surface area (Å²) in [5.74, 6) is 0.435. The lowest BCUT2D eigenvalue weighted by Gasteiger charge is -2.33. The van der Waals surface area contributed by atoms with Crippen LogP contribution in [-0.2, 0) is 4.79 Å². The van der Waals surface area contributed by atoms with Crippen molar-refractivity contribution in [3.8, 4) is 11.5 Å². The summed E-state index contributed by atoms with van der Waals surface area (Å²) in [5, 5.41) is 18.4. The number of nitrogens with one attached hydrogen (secondary N) is 1. The molecule has 0 bridgehead atoms. The number of likely N-dealkylation sites (tertiary alicyclic amines) is 1. The second-order valence-corrected chi connectivity index (χ2v) is 5.40. The molecule has 1 fully saturated rings.